The van der Waals surface area contributed by atoms with Gasteiger partial charge in [-0.15, -0.1) is 0 Å². The molecule has 2 aromatic carbocycles. The van der Waals surface area contributed by atoms with Gasteiger partial charge in [-0.2, -0.15) is 0 Å². The summed E-state index contributed by atoms with van der Waals surface area (Å²) in [5.41, 5.74) is 2.05. The Kier molecular flexibility index (Phi) is 3.71. The molecule has 0 fully saturated rings. The van der Waals surface area contributed by atoms with Crippen LogP contribution in [0.5, 0.6) is 0 Å². The standard InChI is InChI=1S/C14H14O2S/c1-11(12-7-3-2-4-8-12)13-9-5-6-10-14(13)17(15)16/h2-11H,1H3,(H,15,16). The summed E-state index contributed by atoms with van der Waals surface area (Å²) in [6.07, 6.45) is 0. The fraction of sp³-hybridized carbons (Fsp3) is 0.143. The van der Waals surface area contributed by atoms with E-state index in [2.05, 4.69) is 0 Å². The van der Waals surface area contributed by atoms with Gasteiger partial charge in [-0.05, 0) is 17.2 Å². The van der Waals surface area contributed by atoms with Gasteiger partial charge in [0.15, 0.2) is 11.1 Å². The van der Waals surface area contributed by atoms with Crippen LogP contribution in [0.25, 0.3) is 0 Å². The molecular weight excluding hydrogens is 232 g/mol. The van der Waals surface area contributed by atoms with Crippen molar-refractivity contribution in [3.05, 3.63) is 65.7 Å². The van der Waals surface area contributed by atoms with Gasteiger partial charge < -0.3 is 4.55 Å². The highest BCUT2D eigenvalue weighted by Crippen LogP contribution is 2.28. The van der Waals surface area contributed by atoms with Crippen LogP contribution in [0.2, 0.25) is 0 Å². The van der Waals surface area contributed by atoms with Crippen LogP contribution in [0.4, 0.5) is 0 Å². The Morgan fingerprint density at radius 1 is 1.00 bits per heavy atom. The van der Waals surface area contributed by atoms with E-state index in [1.165, 1.54) is 0 Å². The van der Waals surface area contributed by atoms with E-state index in [4.69, 9.17) is 0 Å². The molecule has 2 aromatic rings. The summed E-state index contributed by atoms with van der Waals surface area (Å²) in [5, 5.41) is 0. The minimum Gasteiger partial charge on any atom is -0.302 e. The Bertz CT molecular complexity index is 523. The van der Waals surface area contributed by atoms with E-state index in [1.807, 2.05) is 49.4 Å². The fourth-order valence-corrected chi connectivity index (χ4v) is 2.56. The van der Waals surface area contributed by atoms with Gasteiger partial charge >= 0.3 is 0 Å². The summed E-state index contributed by atoms with van der Waals surface area (Å²) in [5.74, 6) is 0.114. The maximum absolute atomic E-state index is 11.3. The summed E-state index contributed by atoms with van der Waals surface area (Å²) >= 11 is -1.93. The Morgan fingerprint density at radius 3 is 2.24 bits per heavy atom. The molecule has 0 spiro atoms. The second kappa shape index (κ2) is 5.25. The number of benzene rings is 2. The van der Waals surface area contributed by atoms with Gasteiger partial charge in [-0.3, -0.25) is 0 Å². The first kappa shape index (κ1) is 12.0. The van der Waals surface area contributed by atoms with E-state index in [0.29, 0.717) is 4.90 Å². The molecule has 2 atom stereocenters. The highest BCUT2D eigenvalue weighted by Gasteiger charge is 2.14. The average Bonchev–Trinajstić information content (AvgIpc) is 2.39. The van der Waals surface area contributed by atoms with Crippen LogP contribution in [0.3, 0.4) is 0 Å². The first-order chi connectivity index (χ1) is 8.20. The summed E-state index contributed by atoms with van der Waals surface area (Å²) in [7, 11) is 0. The molecule has 88 valence electrons. The van der Waals surface area contributed by atoms with Crippen molar-refractivity contribution in [1.29, 1.82) is 0 Å². The van der Waals surface area contributed by atoms with E-state index < -0.39 is 11.1 Å². The Labute approximate surface area is 104 Å². The Hall–Kier alpha value is -1.45. The zero-order chi connectivity index (χ0) is 12.3. The zero-order valence-corrected chi connectivity index (χ0v) is 10.4. The fourth-order valence-electron chi connectivity index (χ4n) is 1.92. The third-order valence-corrected chi connectivity index (χ3v) is 3.62. The lowest BCUT2D eigenvalue weighted by molar-refractivity contribution is 0.562. The maximum Gasteiger partial charge on any atom is 0.186 e. The monoisotopic (exact) mass is 246 g/mol. The molecule has 0 saturated heterocycles. The highest BCUT2D eigenvalue weighted by atomic mass is 32.2. The Morgan fingerprint density at radius 2 is 1.59 bits per heavy atom. The minimum absolute atomic E-state index is 0.114. The molecule has 2 rings (SSSR count). The van der Waals surface area contributed by atoms with Crippen LogP contribution in [0.1, 0.15) is 24.0 Å². The third kappa shape index (κ3) is 2.62. The minimum atomic E-state index is -1.93. The molecule has 0 aromatic heterocycles. The van der Waals surface area contributed by atoms with Crippen LogP contribution in [0.15, 0.2) is 59.5 Å². The smallest absolute Gasteiger partial charge is 0.186 e. The molecule has 0 aliphatic carbocycles. The van der Waals surface area contributed by atoms with Gasteiger partial charge in [0, 0.05) is 5.92 Å². The number of rotatable bonds is 3. The van der Waals surface area contributed by atoms with Gasteiger partial charge in [-0.1, -0.05) is 55.5 Å². The maximum atomic E-state index is 11.3. The molecule has 0 aliphatic heterocycles. The molecule has 2 unspecified atom stereocenters. The van der Waals surface area contributed by atoms with Crippen molar-refractivity contribution in [3.8, 4) is 0 Å². The lowest BCUT2D eigenvalue weighted by Gasteiger charge is -2.14. The molecule has 0 bridgehead atoms. The molecule has 2 nitrogen and oxygen atoms in total. The quantitative estimate of drug-likeness (QED) is 0.842. The molecule has 3 heteroatoms. The summed E-state index contributed by atoms with van der Waals surface area (Å²) < 4.78 is 20.5. The predicted molar refractivity (Wildman–Crippen MR) is 69.4 cm³/mol. The summed E-state index contributed by atoms with van der Waals surface area (Å²) in [6.45, 7) is 2.04. The second-order valence-electron chi connectivity index (χ2n) is 3.92. The Balaban J connectivity index is 2.44. The predicted octanol–water partition coefficient (Wildman–Crippen LogP) is 3.42. The van der Waals surface area contributed by atoms with Gasteiger partial charge in [0.05, 0.1) is 4.90 Å². The van der Waals surface area contributed by atoms with E-state index >= 15 is 0 Å². The van der Waals surface area contributed by atoms with Crippen LogP contribution in [0, 0.1) is 0 Å². The molecule has 0 amide bonds. The largest absolute Gasteiger partial charge is 0.302 e. The highest BCUT2D eigenvalue weighted by molar-refractivity contribution is 7.79. The van der Waals surface area contributed by atoms with Crippen LogP contribution < -0.4 is 0 Å². The molecule has 0 saturated carbocycles. The van der Waals surface area contributed by atoms with Crippen molar-refractivity contribution in [2.24, 2.45) is 0 Å². The van der Waals surface area contributed by atoms with Crippen LogP contribution >= 0.6 is 0 Å². The lowest BCUT2D eigenvalue weighted by Crippen LogP contribution is -2.02. The first-order valence-electron chi connectivity index (χ1n) is 5.45. The van der Waals surface area contributed by atoms with E-state index in [1.54, 1.807) is 12.1 Å². The molecular formula is C14H14O2S. The van der Waals surface area contributed by atoms with Crippen molar-refractivity contribution in [3.63, 3.8) is 0 Å². The molecule has 17 heavy (non-hydrogen) atoms. The zero-order valence-electron chi connectivity index (χ0n) is 9.54. The van der Waals surface area contributed by atoms with Gasteiger partial charge in [0.25, 0.3) is 0 Å². The second-order valence-corrected chi connectivity index (χ2v) is 4.86. The van der Waals surface area contributed by atoms with Gasteiger partial charge in [0.1, 0.15) is 0 Å². The normalized spacial score (nSPS) is 14.2. The summed E-state index contributed by atoms with van der Waals surface area (Å²) in [4.78, 5) is 0.490. The SMILES string of the molecule is CC(c1ccccc1)c1ccccc1S(=O)O. The third-order valence-electron chi connectivity index (χ3n) is 2.87. The first-order valence-corrected chi connectivity index (χ1v) is 6.55. The molecule has 0 aliphatic rings. The molecule has 0 heterocycles. The topological polar surface area (TPSA) is 37.3 Å². The van der Waals surface area contributed by atoms with Crippen LogP contribution in [-0.4, -0.2) is 8.76 Å². The van der Waals surface area contributed by atoms with E-state index in [9.17, 15) is 8.76 Å². The van der Waals surface area contributed by atoms with Crippen molar-refractivity contribution < 1.29 is 8.76 Å². The number of hydrogen-bond acceptors (Lipinski definition) is 1. The van der Waals surface area contributed by atoms with Crippen molar-refractivity contribution in [1.82, 2.24) is 0 Å². The molecule has 1 N–H and O–H groups in total. The number of hydrogen-bond donors (Lipinski definition) is 1. The van der Waals surface area contributed by atoms with Gasteiger partial charge in [0.2, 0.25) is 0 Å². The van der Waals surface area contributed by atoms with Crippen molar-refractivity contribution in [2.45, 2.75) is 17.7 Å². The van der Waals surface area contributed by atoms with Crippen LogP contribution in [-0.2, 0) is 11.1 Å². The van der Waals surface area contributed by atoms with E-state index in [-0.39, 0.29) is 5.92 Å². The van der Waals surface area contributed by atoms with Gasteiger partial charge in [-0.25, -0.2) is 4.21 Å². The average molecular weight is 246 g/mol. The van der Waals surface area contributed by atoms with Crippen molar-refractivity contribution >= 4 is 11.1 Å². The molecule has 0 radical (unpaired) electrons. The van der Waals surface area contributed by atoms with Crippen molar-refractivity contribution in [2.75, 3.05) is 0 Å². The van der Waals surface area contributed by atoms with E-state index in [0.717, 1.165) is 11.1 Å². The lowest BCUT2D eigenvalue weighted by atomic mass is 9.93. The summed E-state index contributed by atoms with van der Waals surface area (Å²) in [6, 6.07) is 17.3.